The van der Waals surface area contributed by atoms with Gasteiger partial charge in [0.15, 0.2) is 23.0 Å². The number of allylic oxidation sites excluding steroid dienone is 1. The number of fused-ring (bicyclic) bond motifs is 2. The summed E-state index contributed by atoms with van der Waals surface area (Å²) in [4.78, 5) is 0. The lowest BCUT2D eigenvalue weighted by Crippen LogP contribution is -2.21. The number of nitrogens with zero attached hydrogens (tertiary/aromatic N) is 1. The van der Waals surface area contributed by atoms with E-state index in [4.69, 9.17) is 29.4 Å². The van der Waals surface area contributed by atoms with Crippen molar-refractivity contribution in [1.29, 1.82) is 5.26 Å². The molecule has 2 aliphatic rings. The van der Waals surface area contributed by atoms with Crippen molar-refractivity contribution < 1.29 is 28.1 Å². The summed E-state index contributed by atoms with van der Waals surface area (Å²) in [6, 6.07) is 15.5. The van der Waals surface area contributed by atoms with Gasteiger partial charge >= 0.3 is 0 Å². The third kappa shape index (κ3) is 4.33. The van der Waals surface area contributed by atoms with Crippen molar-refractivity contribution in [1.82, 2.24) is 0 Å². The highest BCUT2D eigenvalue weighted by Crippen LogP contribution is 2.50. The molecular weight excluding hydrogens is 519 g/mol. The molecule has 2 heterocycles. The number of hydrogen-bond acceptors (Lipinski definition) is 7. The summed E-state index contributed by atoms with van der Waals surface area (Å²) in [7, 11) is 0. The van der Waals surface area contributed by atoms with Crippen LogP contribution in [0, 0.1) is 17.1 Å². The van der Waals surface area contributed by atoms with Gasteiger partial charge in [-0.2, -0.15) is 5.26 Å². The topological polar surface area (TPSA) is 96.0 Å². The molecule has 0 spiro atoms. The average molecular weight is 539 g/mol. The zero-order valence-corrected chi connectivity index (χ0v) is 20.2. The predicted octanol–water partition coefficient (Wildman–Crippen LogP) is 5.51. The molecule has 9 heteroatoms. The van der Waals surface area contributed by atoms with Gasteiger partial charge in [-0.1, -0.05) is 12.1 Å². The minimum atomic E-state index is -0.528. The molecule has 5 rings (SSSR count). The molecule has 2 aliphatic heterocycles. The van der Waals surface area contributed by atoms with Gasteiger partial charge in [-0.15, -0.1) is 0 Å². The number of ether oxygens (including phenoxy) is 5. The van der Waals surface area contributed by atoms with E-state index in [2.05, 4.69) is 22.0 Å². The summed E-state index contributed by atoms with van der Waals surface area (Å²) in [5.74, 6) is 1.78. The fourth-order valence-corrected chi connectivity index (χ4v) is 4.66. The van der Waals surface area contributed by atoms with E-state index >= 15 is 0 Å². The van der Waals surface area contributed by atoms with E-state index in [0.717, 1.165) is 11.1 Å². The van der Waals surface area contributed by atoms with Gasteiger partial charge in [0.2, 0.25) is 12.7 Å². The van der Waals surface area contributed by atoms with Crippen LogP contribution in [0.15, 0.2) is 64.5 Å². The second kappa shape index (κ2) is 9.39. The predicted molar refractivity (Wildman–Crippen MR) is 128 cm³/mol. The van der Waals surface area contributed by atoms with Crippen LogP contribution in [0.4, 0.5) is 4.39 Å². The molecule has 0 fully saturated rings. The highest BCUT2D eigenvalue weighted by atomic mass is 79.9. The van der Waals surface area contributed by atoms with Gasteiger partial charge in [0, 0.05) is 11.6 Å². The van der Waals surface area contributed by atoms with Crippen LogP contribution in [0.2, 0.25) is 0 Å². The maximum atomic E-state index is 13.2. The maximum Gasteiger partial charge on any atom is 0.231 e. The normalized spacial score (nSPS) is 15.8. The van der Waals surface area contributed by atoms with Gasteiger partial charge in [0.1, 0.15) is 29.8 Å². The minimum absolute atomic E-state index is 0.0228. The maximum absolute atomic E-state index is 13.2. The Kier molecular flexibility index (Phi) is 6.14. The molecule has 0 saturated carbocycles. The minimum Gasteiger partial charge on any atom is -0.490 e. The zero-order chi connectivity index (χ0) is 24.5. The molecule has 1 atom stereocenters. The van der Waals surface area contributed by atoms with E-state index in [9.17, 15) is 9.65 Å². The molecule has 0 amide bonds. The Morgan fingerprint density at radius 2 is 1.83 bits per heavy atom. The van der Waals surface area contributed by atoms with Gasteiger partial charge in [0.25, 0.3) is 0 Å². The van der Waals surface area contributed by atoms with Crippen molar-refractivity contribution >= 4 is 15.9 Å². The molecule has 2 N–H and O–H groups in total. The number of nitriles is 1. The number of hydrogen-bond donors (Lipinski definition) is 1. The Balaban J connectivity index is 1.56. The lowest BCUT2D eigenvalue weighted by Gasteiger charge is -2.27. The Morgan fingerprint density at radius 1 is 1.09 bits per heavy atom. The first-order valence-corrected chi connectivity index (χ1v) is 11.6. The summed E-state index contributed by atoms with van der Waals surface area (Å²) in [5.41, 5.74) is 8.67. The molecule has 0 unspecified atom stereocenters. The molecule has 178 valence electrons. The fourth-order valence-electron chi connectivity index (χ4n) is 4.08. The SMILES string of the molecule is CCOc1cc([C@@H]2C(C#N)=C(N)Oc3cc4c(cc32)OCO4)cc(Br)c1OCc1ccc(F)cc1. The Labute approximate surface area is 209 Å². The van der Waals surface area contributed by atoms with E-state index in [1.807, 2.05) is 19.1 Å². The highest BCUT2D eigenvalue weighted by molar-refractivity contribution is 9.10. The number of halogens is 2. The zero-order valence-electron chi connectivity index (χ0n) is 18.6. The van der Waals surface area contributed by atoms with E-state index in [1.54, 1.807) is 24.3 Å². The standard InChI is InChI=1S/C26H20BrFN2O5/c1-2-31-23-8-15(7-19(27)25(23)32-12-14-3-5-16(28)6-4-14)24-17-9-21-22(34-13-33-21)10-20(17)35-26(30)18(24)11-29/h3-10,24H,2,12-13,30H2,1H3/t24-/m0/s1. The molecule has 0 aromatic heterocycles. The Morgan fingerprint density at radius 3 is 2.54 bits per heavy atom. The van der Waals surface area contributed by atoms with E-state index < -0.39 is 5.92 Å². The van der Waals surface area contributed by atoms with Crippen LogP contribution >= 0.6 is 15.9 Å². The van der Waals surface area contributed by atoms with E-state index in [1.165, 1.54) is 12.1 Å². The second-order valence-electron chi connectivity index (χ2n) is 7.85. The lowest BCUT2D eigenvalue weighted by atomic mass is 9.83. The second-order valence-corrected chi connectivity index (χ2v) is 8.70. The smallest absolute Gasteiger partial charge is 0.231 e. The highest BCUT2D eigenvalue weighted by Gasteiger charge is 2.34. The molecule has 0 saturated heterocycles. The molecular formula is C26H20BrFN2O5. The van der Waals surface area contributed by atoms with Crippen molar-refractivity contribution in [2.45, 2.75) is 19.4 Å². The summed E-state index contributed by atoms with van der Waals surface area (Å²) in [5, 5.41) is 9.92. The molecule has 35 heavy (non-hydrogen) atoms. The van der Waals surface area contributed by atoms with E-state index in [0.29, 0.717) is 45.4 Å². The van der Waals surface area contributed by atoms with Gasteiger partial charge < -0.3 is 29.4 Å². The molecule has 3 aromatic carbocycles. The largest absolute Gasteiger partial charge is 0.490 e. The molecule has 0 radical (unpaired) electrons. The quantitative estimate of drug-likeness (QED) is 0.441. The van der Waals surface area contributed by atoms with Gasteiger partial charge in [-0.05, 0) is 64.3 Å². The monoisotopic (exact) mass is 538 g/mol. The van der Waals surface area contributed by atoms with Crippen LogP contribution < -0.4 is 29.4 Å². The third-order valence-corrected chi connectivity index (χ3v) is 6.26. The summed E-state index contributed by atoms with van der Waals surface area (Å²) < 4.78 is 42.5. The summed E-state index contributed by atoms with van der Waals surface area (Å²) in [6.45, 7) is 2.59. The van der Waals surface area contributed by atoms with Gasteiger partial charge in [-0.3, -0.25) is 0 Å². The first-order valence-electron chi connectivity index (χ1n) is 10.8. The molecule has 3 aromatic rings. The van der Waals surface area contributed by atoms with Crippen LogP contribution in [0.25, 0.3) is 0 Å². The molecule has 7 nitrogen and oxygen atoms in total. The molecule has 0 aliphatic carbocycles. The van der Waals surface area contributed by atoms with Crippen LogP contribution in [0.5, 0.6) is 28.7 Å². The third-order valence-electron chi connectivity index (χ3n) is 5.67. The van der Waals surface area contributed by atoms with Crippen molar-refractivity contribution in [3.63, 3.8) is 0 Å². The Hall–Kier alpha value is -3.90. The van der Waals surface area contributed by atoms with Crippen LogP contribution in [-0.2, 0) is 6.61 Å². The number of rotatable bonds is 6. The average Bonchev–Trinajstić information content (AvgIpc) is 3.30. The van der Waals surface area contributed by atoms with Crippen LogP contribution in [0.3, 0.4) is 0 Å². The molecule has 0 bridgehead atoms. The first kappa shape index (κ1) is 22.9. The van der Waals surface area contributed by atoms with Crippen molar-refractivity contribution in [2.75, 3.05) is 13.4 Å². The number of benzene rings is 3. The number of nitrogens with two attached hydrogens (primary N) is 1. The van der Waals surface area contributed by atoms with Gasteiger partial charge in [-0.25, -0.2) is 4.39 Å². The van der Waals surface area contributed by atoms with Gasteiger partial charge in [0.05, 0.1) is 17.0 Å². The van der Waals surface area contributed by atoms with Crippen LogP contribution in [0.1, 0.15) is 29.5 Å². The van der Waals surface area contributed by atoms with E-state index in [-0.39, 0.29) is 30.7 Å². The summed E-state index contributed by atoms with van der Waals surface area (Å²) >= 11 is 3.60. The lowest BCUT2D eigenvalue weighted by molar-refractivity contribution is 0.174. The summed E-state index contributed by atoms with van der Waals surface area (Å²) in [6.07, 6.45) is 0. The van der Waals surface area contributed by atoms with Crippen molar-refractivity contribution in [3.8, 4) is 34.8 Å². The van der Waals surface area contributed by atoms with Crippen molar-refractivity contribution in [3.05, 3.63) is 87.0 Å². The Bertz CT molecular complexity index is 1370. The van der Waals surface area contributed by atoms with Crippen molar-refractivity contribution in [2.24, 2.45) is 5.73 Å². The van der Waals surface area contributed by atoms with Crippen LogP contribution in [-0.4, -0.2) is 13.4 Å². The fraction of sp³-hybridized carbons (Fsp3) is 0.192. The first-order chi connectivity index (χ1) is 17.0.